The second-order valence-electron chi connectivity index (χ2n) is 4.12. The molecule has 1 aromatic rings. The largest absolute Gasteiger partial charge is 0.505 e. The molecule has 0 fully saturated rings. The van der Waals surface area contributed by atoms with E-state index >= 15 is 0 Å². The van der Waals surface area contributed by atoms with Crippen molar-refractivity contribution < 1.29 is 14.7 Å². The van der Waals surface area contributed by atoms with Gasteiger partial charge in [-0.3, -0.25) is 14.6 Å². The molecule has 0 aromatic carbocycles. The predicted octanol–water partition coefficient (Wildman–Crippen LogP) is 0.728. The van der Waals surface area contributed by atoms with Gasteiger partial charge in [-0.25, -0.2) is 0 Å². The van der Waals surface area contributed by atoms with E-state index in [1.54, 1.807) is 4.90 Å². The lowest BCUT2D eigenvalue weighted by molar-refractivity contribution is -0.131. The van der Waals surface area contributed by atoms with Crippen LogP contribution in [0.1, 0.15) is 24.2 Å². The van der Waals surface area contributed by atoms with E-state index in [9.17, 15) is 14.7 Å². The van der Waals surface area contributed by atoms with E-state index in [2.05, 4.69) is 4.98 Å². The first-order chi connectivity index (χ1) is 9.01. The van der Waals surface area contributed by atoms with Crippen molar-refractivity contribution in [2.45, 2.75) is 13.8 Å². The molecule has 6 nitrogen and oxygen atoms in total. The van der Waals surface area contributed by atoms with Crippen molar-refractivity contribution in [3.63, 3.8) is 0 Å². The van der Waals surface area contributed by atoms with Gasteiger partial charge in [0.25, 0.3) is 5.91 Å². The van der Waals surface area contributed by atoms with Gasteiger partial charge in [0.2, 0.25) is 5.91 Å². The van der Waals surface area contributed by atoms with Crippen LogP contribution in [0, 0.1) is 0 Å². The summed E-state index contributed by atoms with van der Waals surface area (Å²) in [5.74, 6) is -0.704. The summed E-state index contributed by atoms with van der Waals surface area (Å²) >= 11 is 0. The fourth-order valence-electron chi connectivity index (χ4n) is 1.72. The van der Waals surface area contributed by atoms with Crippen LogP contribution in [0.3, 0.4) is 0 Å². The van der Waals surface area contributed by atoms with E-state index in [-0.39, 0.29) is 23.8 Å². The Balaban J connectivity index is 2.74. The Morgan fingerprint density at radius 2 is 1.95 bits per heavy atom. The summed E-state index contributed by atoms with van der Waals surface area (Å²) in [6.45, 7) is 4.98. The van der Waals surface area contributed by atoms with Crippen molar-refractivity contribution in [1.82, 2.24) is 14.8 Å². The van der Waals surface area contributed by atoms with Crippen LogP contribution < -0.4 is 0 Å². The van der Waals surface area contributed by atoms with E-state index in [0.717, 1.165) is 0 Å². The van der Waals surface area contributed by atoms with Gasteiger partial charge in [-0.2, -0.15) is 0 Å². The van der Waals surface area contributed by atoms with E-state index in [0.29, 0.717) is 13.1 Å². The van der Waals surface area contributed by atoms with Crippen LogP contribution in [0.4, 0.5) is 0 Å². The number of carbonyl (C=O) groups excluding carboxylic acids is 2. The zero-order chi connectivity index (χ0) is 14.4. The molecule has 0 aliphatic rings. The van der Waals surface area contributed by atoms with Crippen LogP contribution in [0.2, 0.25) is 0 Å². The van der Waals surface area contributed by atoms with Gasteiger partial charge < -0.3 is 14.9 Å². The second kappa shape index (κ2) is 6.72. The van der Waals surface area contributed by atoms with Gasteiger partial charge in [0, 0.05) is 26.3 Å². The predicted molar refractivity (Wildman–Crippen MR) is 70.8 cm³/mol. The Bertz CT molecular complexity index is 458. The van der Waals surface area contributed by atoms with Crippen LogP contribution in [0.5, 0.6) is 5.75 Å². The number of likely N-dealkylation sites (N-methyl/N-ethyl adjacent to an activating group) is 2. The van der Waals surface area contributed by atoms with E-state index < -0.39 is 5.91 Å². The van der Waals surface area contributed by atoms with Gasteiger partial charge in [0.1, 0.15) is 5.75 Å². The van der Waals surface area contributed by atoms with Crippen molar-refractivity contribution >= 4 is 11.8 Å². The molecule has 104 valence electrons. The summed E-state index contributed by atoms with van der Waals surface area (Å²) in [4.78, 5) is 30.6. The Hall–Kier alpha value is -2.11. The zero-order valence-electron chi connectivity index (χ0n) is 11.5. The van der Waals surface area contributed by atoms with Crippen molar-refractivity contribution in [2.75, 3.05) is 26.7 Å². The molecule has 1 aromatic heterocycles. The van der Waals surface area contributed by atoms with Crippen LogP contribution >= 0.6 is 0 Å². The summed E-state index contributed by atoms with van der Waals surface area (Å²) in [6, 6.07) is 1.43. The molecule has 2 amide bonds. The van der Waals surface area contributed by atoms with Crippen LogP contribution in [0.15, 0.2) is 18.5 Å². The second-order valence-corrected chi connectivity index (χ2v) is 4.12. The summed E-state index contributed by atoms with van der Waals surface area (Å²) in [5, 5.41) is 9.56. The van der Waals surface area contributed by atoms with Gasteiger partial charge in [-0.05, 0) is 19.9 Å². The topological polar surface area (TPSA) is 73.7 Å². The molecule has 0 spiro atoms. The number of carbonyl (C=O) groups is 2. The molecule has 0 unspecified atom stereocenters. The highest BCUT2D eigenvalue weighted by Gasteiger charge is 2.19. The average molecular weight is 265 g/mol. The molecule has 0 atom stereocenters. The van der Waals surface area contributed by atoms with Gasteiger partial charge >= 0.3 is 0 Å². The summed E-state index contributed by atoms with van der Waals surface area (Å²) < 4.78 is 0. The SMILES string of the molecule is CCN(CC)C(=O)CN(C)C(=O)c1ccncc1O. The number of hydrogen-bond acceptors (Lipinski definition) is 4. The molecule has 19 heavy (non-hydrogen) atoms. The Morgan fingerprint density at radius 3 is 2.47 bits per heavy atom. The quantitative estimate of drug-likeness (QED) is 0.851. The third kappa shape index (κ3) is 3.67. The maximum absolute atomic E-state index is 12.1. The van der Waals surface area contributed by atoms with Crippen molar-refractivity contribution in [2.24, 2.45) is 0 Å². The summed E-state index contributed by atoms with van der Waals surface area (Å²) in [6.07, 6.45) is 2.63. The lowest BCUT2D eigenvalue weighted by atomic mass is 10.2. The van der Waals surface area contributed by atoms with Crippen molar-refractivity contribution in [3.8, 4) is 5.75 Å². The first kappa shape index (κ1) is 14.9. The lowest BCUT2D eigenvalue weighted by Crippen LogP contribution is -2.41. The maximum atomic E-state index is 12.1. The molecular weight excluding hydrogens is 246 g/mol. The molecule has 1 heterocycles. The number of hydrogen-bond donors (Lipinski definition) is 1. The number of aromatic nitrogens is 1. The van der Waals surface area contributed by atoms with Crippen molar-refractivity contribution in [1.29, 1.82) is 0 Å². The Morgan fingerprint density at radius 1 is 1.32 bits per heavy atom. The molecule has 0 saturated heterocycles. The molecule has 1 N–H and O–H groups in total. The number of pyridine rings is 1. The first-order valence-corrected chi connectivity index (χ1v) is 6.17. The fraction of sp³-hybridized carbons (Fsp3) is 0.462. The summed E-state index contributed by atoms with van der Waals surface area (Å²) in [5.41, 5.74) is 0.143. The number of amides is 2. The highest BCUT2D eigenvalue weighted by Crippen LogP contribution is 2.15. The first-order valence-electron chi connectivity index (χ1n) is 6.17. The maximum Gasteiger partial charge on any atom is 0.257 e. The average Bonchev–Trinajstić information content (AvgIpc) is 2.39. The summed E-state index contributed by atoms with van der Waals surface area (Å²) in [7, 11) is 1.53. The molecule has 1 rings (SSSR count). The molecule has 0 aliphatic carbocycles. The van der Waals surface area contributed by atoms with Gasteiger partial charge in [0.05, 0.1) is 18.3 Å². The third-order valence-electron chi connectivity index (χ3n) is 2.87. The Labute approximate surface area is 112 Å². The van der Waals surface area contributed by atoms with E-state index in [1.165, 1.54) is 30.4 Å². The molecule has 0 radical (unpaired) electrons. The van der Waals surface area contributed by atoms with E-state index in [4.69, 9.17) is 0 Å². The molecule has 0 bridgehead atoms. The van der Waals surface area contributed by atoms with Gasteiger partial charge in [-0.1, -0.05) is 0 Å². The molecular formula is C13H19N3O3. The fourth-order valence-corrected chi connectivity index (χ4v) is 1.72. The minimum absolute atomic E-state index is 0.0116. The Kier molecular flexibility index (Phi) is 5.29. The number of nitrogens with zero attached hydrogens (tertiary/aromatic N) is 3. The minimum atomic E-state index is -0.402. The number of aromatic hydroxyl groups is 1. The third-order valence-corrected chi connectivity index (χ3v) is 2.87. The monoisotopic (exact) mass is 265 g/mol. The van der Waals surface area contributed by atoms with Gasteiger partial charge in [-0.15, -0.1) is 0 Å². The smallest absolute Gasteiger partial charge is 0.257 e. The van der Waals surface area contributed by atoms with Crippen molar-refractivity contribution in [3.05, 3.63) is 24.0 Å². The highest BCUT2D eigenvalue weighted by atomic mass is 16.3. The molecule has 6 heteroatoms. The molecule has 0 aliphatic heterocycles. The van der Waals surface area contributed by atoms with E-state index in [1.807, 2.05) is 13.8 Å². The standard InChI is InChI=1S/C13H19N3O3/c1-4-16(5-2)12(18)9-15(3)13(19)10-6-7-14-8-11(10)17/h6-8,17H,4-5,9H2,1-3H3. The van der Waals surface area contributed by atoms with Crippen LogP contribution in [-0.4, -0.2) is 58.4 Å². The lowest BCUT2D eigenvalue weighted by Gasteiger charge is -2.23. The normalized spacial score (nSPS) is 10.1. The van der Waals surface area contributed by atoms with Gasteiger partial charge in [0.15, 0.2) is 0 Å². The number of rotatable bonds is 5. The highest BCUT2D eigenvalue weighted by molar-refractivity contribution is 5.98. The van der Waals surface area contributed by atoms with Crippen LogP contribution in [0.25, 0.3) is 0 Å². The molecule has 0 saturated carbocycles. The van der Waals surface area contributed by atoms with Crippen LogP contribution in [-0.2, 0) is 4.79 Å². The zero-order valence-corrected chi connectivity index (χ0v) is 11.5. The minimum Gasteiger partial charge on any atom is -0.505 e.